The Hall–Kier alpha value is -1.70. The minimum Gasteiger partial charge on any atom is -0.379 e. The first-order valence-electron chi connectivity index (χ1n) is 8.25. The molecule has 0 saturated carbocycles. The molecule has 24 heavy (non-hydrogen) atoms. The van der Waals surface area contributed by atoms with E-state index in [0.717, 1.165) is 66.9 Å². The van der Waals surface area contributed by atoms with Crippen molar-refractivity contribution in [3.8, 4) is 11.1 Å². The first kappa shape index (κ1) is 15.8. The van der Waals surface area contributed by atoms with Crippen LogP contribution in [0.15, 0.2) is 41.4 Å². The molecule has 0 aromatic carbocycles. The van der Waals surface area contributed by atoms with Crippen molar-refractivity contribution in [3.05, 3.63) is 41.4 Å². The number of aromatic nitrogens is 4. The fourth-order valence-corrected chi connectivity index (χ4v) is 3.45. The number of morpholine rings is 1. The molecule has 6 nitrogen and oxygen atoms in total. The second kappa shape index (κ2) is 7.04. The predicted molar refractivity (Wildman–Crippen MR) is 96.0 cm³/mol. The number of hydrogen-bond donors (Lipinski definition) is 0. The fraction of sp³-hybridized carbons (Fsp3) is 0.412. The maximum atomic E-state index is 5.38. The third-order valence-electron chi connectivity index (χ3n) is 4.40. The summed E-state index contributed by atoms with van der Waals surface area (Å²) in [6.07, 6.45) is 8.99. The molecule has 1 aliphatic heterocycles. The van der Waals surface area contributed by atoms with Gasteiger partial charge in [0.1, 0.15) is 0 Å². The van der Waals surface area contributed by atoms with Crippen LogP contribution in [-0.2, 0) is 11.3 Å². The van der Waals surface area contributed by atoms with Crippen LogP contribution in [-0.4, -0.2) is 57.1 Å². The summed E-state index contributed by atoms with van der Waals surface area (Å²) < 4.78 is 10.3. The quantitative estimate of drug-likeness (QED) is 0.672. The molecule has 0 atom stereocenters. The Bertz CT molecular complexity index is 821. The molecular weight excluding hydrogens is 370 g/mol. The molecular formula is C17H20BrN5O. The molecule has 7 heteroatoms. The highest BCUT2D eigenvalue weighted by Gasteiger charge is 2.10. The van der Waals surface area contributed by atoms with Crippen molar-refractivity contribution in [2.75, 3.05) is 32.8 Å². The molecule has 0 bridgehead atoms. The highest BCUT2D eigenvalue weighted by atomic mass is 79.9. The third-order valence-corrected chi connectivity index (χ3v) is 5.01. The van der Waals surface area contributed by atoms with Gasteiger partial charge in [-0.05, 0) is 28.4 Å². The SMILES string of the molecule is Brc1cnn2cc(-c3cnn(CCCN4CCOCC4)c3)ccc12. The Morgan fingerprint density at radius 3 is 2.75 bits per heavy atom. The van der Waals surface area contributed by atoms with Crippen LogP contribution < -0.4 is 0 Å². The standard InChI is InChI=1S/C17H20BrN5O/c18-16-11-20-23-13-14(2-3-17(16)23)15-10-19-22(12-15)5-1-4-21-6-8-24-9-7-21/h2-3,10-13H,1,4-9H2. The van der Waals surface area contributed by atoms with Gasteiger partial charge in [0, 0.05) is 49.7 Å². The largest absolute Gasteiger partial charge is 0.379 e. The average molecular weight is 390 g/mol. The van der Waals surface area contributed by atoms with Gasteiger partial charge in [0.05, 0.1) is 35.6 Å². The maximum absolute atomic E-state index is 5.38. The number of hydrogen-bond acceptors (Lipinski definition) is 4. The van der Waals surface area contributed by atoms with E-state index in [2.05, 4.69) is 49.4 Å². The van der Waals surface area contributed by atoms with E-state index in [0.29, 0.717) is 0 Å². The van der Waals surface area contributed by atoms with E-state index in [1.54, 1.807) is 0 Å². The summed E-state index contributed by atoms with van der Waals surface area (Å²) in [5.74, 6) is 0. The number of rotatable bonds is 5. The van der Waals surface area contributed by atoms with Crippen LogP contribution in [0.2, 0.25) is 0 Å². The molecule has 0 aliphatic carbocycles. The van der Waals surface area contributed by atoms with E-state index >= 15 is 0 Å². The van der Waals surface area contributed by atoms with Gasteiger partial charge in [-0.15, -0.1) is 0 Å². The molecule has 1 saturated heterocycles. The maximum Gasteiger partial charge on any atom is 0.0804 e. The number of fused-ring (bicyclic) bond motifs is 1. The molecule has 126 valence electrons. The number of halogens is 1. The van der Waals surface area contributed by atoms with Crippen molar-refractivity contribution < 1.29 is 4.74 Å². The zero-order valence-corrected chi connectivity index (χ0v) is 15.0. The highest BCUT2D eigenvalue weighted by molar-refractivity contribution is 9.10. The number of aryl methyl sites for hydroxylation is 1. The summed E-state index contributed by atoms with van der Waals surface area (Å²) in [5.41, 5.74) is 3.31. The molecule has 0 unspecified atom stereocenters. The summed E-state index contributed by atoms with van der Waals surface area (Å²) in [4.78, 5) is 2.46. The van der Waals surface area contributed by atoms with Gasteiger partial charge in [-0.25, -0.2) is 4.52 Å². The number of ether oxygens (including phenoxy) is 1. The summed E-state index contributed by atoms with van der Waals surface area (Å²) in [5, 5.41) is 8.83. The number of pyridine rings is 1. The van der Waals surface area contributed by atoms with Crippen LogP contribution >= 0.6 is 15.9 Å². The van der Waals surface area contributed by atoms with Crippen molar-refractivity contribution in [3.63, 3.8) is 0 Å². The first-order valence-corrected chi connectivity index (χ1v) is 9.05. The summed E-state index contributed by atoms with van der Waals surface area (Å²) in [6, 6.07) is 4.18. The molecule has 0 spiro atoms. The molecule has 3 aromatic heterocycles. The van der Waals surface area contributed by atoms with Gasteiger partial charge in [-0.2, -0.15) is 10.2 Å². The lowest BCUT2D eigenvalue weighted by Gasteiger charge is -2.26. The van der Waals surface area contributed by atoms with Gasteiger partial charge < -0.3 is 4.74 Å². The highest BCUT2D eigenvalue weighted by Crippen LogP contribution is 2.23. The van der Waals surface area contributed by atoms with Gasteiger partial charge in [0.2, 0.25) is 0 Å². The minimum absolute atomic E-state index is 0.859. The topological polar surface area (TPSA) is 47.6 Å². The van der Waals surface area contributed by atoms with Crippen LogP contribution in [0.4, 0.5) is 0 Å². The van der Waals surface area contributed by atoms with Crippen molar-refractivity contribution in [1.29, 1.82) is 0 Å². The van der Waals surface area contributed by atoms with Gasteiger partial charge in [-0.1, -0.05) is 6.07 Å². The monoisotopic (exact) mass is 389 g/mol. The van der Waals surface area contributed by atoms with Crippen LogP contribution in [0, 0.1) is 0 Å². The molecule has 4 rings (SSSR count). The molecule has 0 radical (unpaired) electrons. The van der Waals surface area contributed by atoms with E-state index in [-0.39, 0.29) is 0 Å². The average Bonchev–Trinajstić information content (AvgIpc) is 3.23. The van der Waals surface area contributed by atoms with Gasteiger partial charge in [-0.3, -0.25) is 9.58 Å². The Kier molecular flexibility index (Phi) is 4.64. The molecule has 0 N–H and O–H groups in total. The minimum atomic E-state index is 0.859. The zero-order chi connectivity index (χ0) is 16.4. The van der Waals surface area contributed by atoms with Gasteiger partial charge in [0.25, 0.3) is 0 Å². The smallest absolute Gasteiger partial charge is 0.0804 e. The van der Waals surface area contributed by atoms with Gasteiger partial charge in [0.15, 0.2) is 0 Å². The molecule has 3 aromatic rings. The Morgan fingerprint density at radius 1 is 1.00 bits per heavy atom. The van der Waals surface area contributed by atoms with Crippen LogP contribution in [0.5, 0.6) is 0 Å². The lowest BCUT2D eigenvalue weighted by molar-refractivity contribution is 0.0368. The second-order valence-electron chi connectivity index (χ2n) is 6.04. The first-order chi connectivity index (χ1) is 11.8. The molecule has 0 amide bonds. The van der Waals surface area contributed by atoms with E-state index in [1.165, 1.54) is 0 Å². The van der Waals surface area contributed by atoms with E-state index in [9.17, 15) is 0 Å². The summed E-state index contributed by atoms with van der Waals surface area (Å²) in [6.45, 7) is 5.85. The van der Waals surface area contributed by atoms with E-state index in [1.807, 2.05) is 27.8 Å². The van der Waals surface area contributed by atoms with Crippen LogP contribution in [0.25, 0.3) is 16.6 Å². The lowest BCUT2D eigenvalue weighted by atomic mass is 10.1. The van der Waals surface area contributed by atoms with E-state index < -0.39 is 0 Å². The summed E-state index contributed by atoms with van der Waals surface area (Å²) >= 11 is 3.50. The van der Waals surface area contributed by atoms with Crippen LogP contribution in [0.3, 0.4) is 0 Å². The Morgan fingerprint density at radius 2 is 1.88 bits per heavy atom. The second-order valence-corrected chi connectivity index (χ2v) is 6.89. The molecule has 1 aliphatic rings. The fourth-order valence-electron chi connectivity index (χ4n) is 3.04. The molecule has 1 fully saturated rings. The van der Waals surface area contributed by atoms with Crippen molar-refractivity contribution in [2.45, 2.75) is 13.0 Å². The predicted octanol–water partition coefficient (Wildman–Crippen LogP) is 2.68. The number of nitrogens with zero attached hydrogens (tertiary/aromatic N) is 5. The summed E-state index contributed by atoms with van der Waals surface area (Å²) in [7, 11) is 0. The third kappa shape index (κ3) is 3.38. The van der Waals surface area contributed by atoms with Crippen molar-refractivity contribution in [2.24, 2.45) is 0 Å². The Balaban J connectivity index is 1.39. The molecule has 4 heterocycles. The normalized spacial score (nSPS) is 16.0. The van der Waals surface area contributed by atoms with Crippen molar-refractivity contribution in [1.82, 2.24) is 24.3 Å². The van der Waals surface area contributed by atoms with Gasteiger partial charge >= 0.3 is 0 Å². The zero-order valence-electron chi connectivity index (χ0n) is 13.4. The van der Waals surface area contributed by atoms with E-state index in [4.69, 9.17) is 4.74 Å². The lowest BCUT2D eigenvalue weighted by Crippen LogP contribution is -2.37. The van der Waals surface area contributed by atoms with Crippen LogP contribution in [0.1, 0.15) is 6.42 Å². The Labute approximate surface area is 149 Å². The van der Waals surface area contributed by atoms with Crippen molar-refractivity contribution >= 4 is 21.4 Å².